The minimum Gasteiger partial charge on any atom is -0.300 e. The Morgan fingerprint density at radius 2 is 1.94 bits per heavy atom. The number of hydrogen-bond acceptors (Lipinski definition) is 2. The number of hydrogen-bond donors (Lipinski definition) is 0. The second-order valence-corrected chi connectivity index (χ2v) is 5.71. The molecule has 2 nitrogen and oxygen atoms in total. The normalized spacial score (nSPS) is 31.6. The molecule has 0 aromatic rings. The lowest BCUT2D eigenvalue weighted by atomic mass is 9.86. The molecule has 1 fully saturated rings. The van der Waals surface area contributed by atoms with Crippen molar-refractivity contribution in [2.75, 3.05) is 13.1 Å². The Hall–Kier alpha value is -0.370. The van der Waals surface area contributed by atoms with Crippen molar-refractivity contribution in [1.29, 1.82) is 0 Å². The molecule has 3 unspecified atom stereocenters. The molecule has 0 aromatic heterocycles. The summed E-state index contributed by atoms with van der Waals surface area (Å²) in [5.74, 6) is 1.98. The van der Waals surface area contributed by atoms with Crippen LogP contribution in [-0.4, -0.2) is 29.8 Å². The van der Waals surface area contributed by atoms with E-state index in [2.05, 4.69) is 25.7 Å². The van der Waals surface area contributed by atoms with Crippen LogP contribution in [0.1, 0.15) is 53.4 Å². The molecule has 0 aromatic carbocycles. The van der Waals surface area contributed by atoms with Gasteiger partial charge in [-0.1, -0.05) is 13.8 Å². The Kier molecular flexibility index (Phi) is 5.47. The number of unbranched alkanes of at least 4 members (excludes halogenated alkanes) is 1. The molecule has 0 N–H and O–H groups in total. The van der Waals surface area contributed by atoms with Gasteiger partial charge in [0.25, 0.3) is 0 Å². The van der Waals surface area contributed by atoms with Crippen molar-refractivity contribution >= 4 is 5.78 Å². The lowest BCUT2D eigenvalue weighted by Gasteiger charge is -2.41. The van der Waals surface area contributed by atoms with Gasteiger partial charge >= 0.3 is 0 Å². The van der Waals surface area contributed by atoms with Gasteiger partial charge in [-0.15, -0.1) is 0 Å². The van der Waals surface area contributed by atoms with E-state index in [0.717, 1.165) is 24.7 Å². The minimum atomic E-state index is 0.327. The Balaban J connectivity index is 2.26. The maximum atomic E-state index is 10.8. The number of Topliss-reactive ketones (excluding diaryl/α,β-unsaturated/α-hetero) is 1. The summed E-state index contributed by atoms with van der Waals surface area (Å²) in [6.45, 7) is 11.2. The number of carbonyl (C=O) groups is 1. The summed E-state index contributed by atoms with van der Waals surface area (Å²) in [4.78, 5) is 13.5. The van der Waals surface area contributed by atoms with Gasteiger partial charge in [0.2, 0.25) is 0 Å². The predicted octanol–water partition coefficient (Wildman–Crippen LogP) is 3.11. The monoisotopic (exact) mass is 225 g/mol. The molecule has 16 heavy (non-hydrogen) atoms. The van der Waals surface area contributed by atoms with E-state index in [-0.39, 0.29) is 0 Å². The van der Waals surface area contributed by atoms with Crippen LogP contribution in [0, 0.1) is 11.8 Å². The van der Waals surface area contributed by atoms with Crippen molar-refractivity contribution in [2.45, 2.75) is 59.4 Å². The maximum absolute atomic E-state index is 10.8. The van der Waals surface area contributed by atoms with Crippen LogP contribution >= 0.6 is 0 Å². The molecule has 1 saturated heterocycles. The highest BCUT2D eigenvalue weighted by molar-refractivity contribution is 5.75. The predicted molar refractivity (Wildman–Crippen MR) is 68.5 cm³/mol. The van der Waals surface area contributed by atoms with Gasteiger partial charge in [-0.05, 0) is 51.5 Å². The summed E-state index contributed by atoms with van der Waals surface area (Å²) in [5, 5.41) is 0. The van der Waals surface area contributed by atoms with Crippen molar-refractivity contribution < 1.29 is 4.79 Å². The van der Waals surface area contributed by atoms with E-state index in [1.807, 2.05) is 0 Å². The van der Waals surface area contributed by atoms with E-state index in [9.17, 15) is 4.79 Å². The van der Waals surface area contributed by atoms with Crippen LogP contribution in [0.5, 0.6) is 0 Å². The number of likely N-dealkylation sites (tertiary alicyclic amines) is 1. The average molecular weight is 225 g/mol. The molecule has 0 bridgehead atoms. The fraction of sp³-hybridized carbons (Fsp3) is 0.929. The summed E-state index contributed by atoms with van der Waals surface area (Å²) in [6.07, 6.45) is 4.35. The van der Waals surface area contributed by atoms with Gasteiger partial charge in [-0.25, -0.2) is 0 Å². The third-order valence-electron chi connectivity index (χ3n) is 3.94. The van der Waals surface area contributed by atoms with Gasteiger partial charge in [0.1, 0.15) is 5.78 Å². The Bertz CT molecular complexity index is 227. The number of nitrogens with zero attached hydrogens (tertiary/aromatic N) is 1. The van der Waals surface area contributed by atoms with Gasteiger partial charge < -0.3 is 9.69 Å². The highest BCUT2D eigenvalue weighted by atomic mass is 16.1. The highest BCUT2D eigenvalue weighted by Crippen LogP contribution is 2.26. The van der Waals surface area contributed by atoms with Crippen LogP contribution in [0.2, 0.25) is 0 Å². The molecule has 1 aliphatic rings. The number of ketones is 1. The van der Waals surface area contributed by atoms with Crippen molar-refractivity contribution in [3.63, 3.8) is 0 Å². The number of carbonyl (C=O) groups excluding carboxylic acids is 1. The summed E-state index contributed by atoms with van der Waals surface area (Å²) < 4.78 is 0. The van der Waals surface area contributed by atoms with Crippen molar-refractivity contribution in [2.24, 2.45) is 11.8 Å². The van der Waals surface area contributed by atoms with E-state index in [1.165, 1.54) is 25.9 Å². The zero-order chi connectivity index (χ0) is 12.1. The van der Waals surface area contributed by atoms with E-state index in [1.54, 1.807) is 6.92 Å². The summed E-state index contributed by atoms with van der Waals surface area (Å²) in [7, 11) is 0. The molecule has 0 radical (unpaired) electrons. The second-order valence-electron chi connectivity index (χ2n) is 5.71. The molecule has 0 amide bonds. The van der Waals surface area contributed by atoms with E-state index in [4.69, 9.17) is 0 Å². The molecule has 1 heterocycles. The first kappa shape index (κ1) is 13.7. The summed E-state index contributed by atoms with van der Waals surface area (Å²) >= 11 is 0. The van der Waals surface area contributed by atoms with Crippen LogP contribution in [0.4, 0.5) is 0 Å². The van der Waals surface area contributed by atoms with Gasteiger partial charge in [0.15, 0.2) is 0 Å². The third-order valence-corrected chi connectivity index (χ3v) is 3.94. The van der Waals surface area contributed by atoms with Crippen molar-refractivity contribution in [3.8, 4) is 0 Å². The van der Waals surface area contributed by atoms with Crippen LogP contribution in [0.3, 0.4) is 0 Å². The first-order chi connectivity index (χ1) is 7.50. The smallest absolute Gasteiger partial charge is 0.129 e. The minimum absolute atomic E-state index is 0.327. The Labute approximate surface area is 100 Å². The zero-order valence-corrected chi connectivity index (χ0v) is 11.3. The average Bonchev–Trinajstić information content (AvgIpc) is 2.19. The van der Waals surface area contributed by atoms with Gasteiger partial charge in [-0.2, -0.15) is 0 Å². The van der Waals surface area contributed by atoms with Crippen molar-refractivity contribution in [3.05, 3.63) is 0 Å². The lowest BCUT2D eigenvalue weighted by Crippen LogP contribution is -2.46. The first-order valence-corrected chi connectivity index (χ1v) is 6.74. The quantitative estimate of drug-likeness (QED) is 0.670. The Morgan fingerprint density at radius 3 is 2.56 bits per heavy atom. The molecular weight excluding hydrogens is 198 g/mol. The fourth-order valence-corrected chi connectivity index (χ4v) is 2.82. The van der Waals surface area contributed by atoms with Gasteiger partial charge in [0, 0.05) is 19.0 Å². The van der Waals surface area contributed by atoms with Crippen LogP contribution < -0.4 is 0 Å². The highest BCUT2D eigenvalue weighted by Gasteiger charge is 2.27. The zero-order valence-electron chi connectivity index (χ0n) is 11.3. The number of piperidine rings is 1. The van der Waals surface area contributed by atoms with Gasteiger partial charge in [-0.3, -0.25) is 0 Å². The second kappa shape index (κ2) is 6.39. The molecule has 2 heteroatoms. The topological polar surface area (TPSA) is 20.3 Å². The lowest BCUT2D eigenvalue weighted by molar-refractivity contribution is -0.117. The van der Waals surface area contributed by atoms with Crippen LogP contribution in [0.15, 0.2) is 0 Å². The van der Waals surface area contributed by atoms with Gasteiger partial charge in [0.05, 0.1) is 0 Å². The summed E-state index contributed by atoms with van der Waals surface area (Å²) in [5.41, 5.74) is 0. The molecule has 1 rings (SSSR count). The van der Waals surface area contributed by atoms with E-state index in [0.29, 0.717) is 11.8 Å². The molecular formula is C14H27NO. The van der Waals surface area contributed by atoms with E-state index < -0.39 is 0 Å². The maximum Gasteiger partial charge on any atom is 0.129 e. The SMILES string of the molecule is CC(=O)CCCCN1CC(C)CC(C)C1C. The van der Waals surface area contributed by atoms with Crippen LogP contribution in [0.25, 0.3) is 0 Å². The van der Waals surface area contributed by atoms with E-state index >= 15 is 0 Å². The molecule has 0 saturated carbocycles. The molecule has 3 atom stereocenters. The Morgan fingerprint density at radius 1 is 1.25 bits per heavy atom. The molecule has 0 spiro atoms. The van der Waals surface area contributed by atoms with Crippen LogP contribution in [-0.2, 0) is 4.79 Å². The molecule has 1 aliphatic heterocycles. The summed E-state index contributed by atoms with van der Waals surface area (Å²) in [6, 6.07) is 0.716. The largest absolute Gasteiger partial charge is 0.300 e. The van der Waals surface area contributed by atoms with Crippen molar-refractivity contribution in [1.82, 2.24) is 4.90 Å². The fourth-order valence-electron chi connectivity index (χ4n) is 2.82. The number of rotatable bonds is 5. The first-order valence-electron chi connectivity index (χ1n) is 6.74. The molecule has 0 aliphatic carbocycles. The molecule has 94 valence electrons. The third kappa shape index (κ3) is 4.25. The standard InChI is InChI=1S/C14H27NO/c1-11-9-12(2)14(4)15(10-11)8-6-5-7-13(3)16/h11-12,14H,5-10H2,1-4H3.